The van der Waals surface area contributed by atoms with E-state index in [2.05, 4.69) is 27.7 Å². The maximum absolute atomic E-state index is 13.3. The first-order valence-electron chi connectivity index (χ1n) is 14.8. The second-order valence-corrected chi connectivity index (χ2v) is 15.1. The van der Waals surface area contributed by atoms with Gasteiger partial charge >= 0.3 is 6.03 Å². The Hall–Kier alpha value is -3.24. The quantitative estimate of drug-likeness (QED) is 0.378. The molecular formula is C33H41N4O4S+. The standard InChI is InChI=1S/C33H40N4O4S/c1-23-10-11-29-28(18-23)30(31(38)33(2,3)22-42(29,40)41)25-7-5-9-27(20-25)35-32(39)34-26-8-4-6-24(19-26)21-37-15-12-36(13-16-37)14-17-37/h4-11,18-20,30-31,38H,12-17,21-22H2,1-3H3,(H-,34,35,39)/p+1/t30-,31-/m1/s1. The van der Waals surface area contributed by atoms with Crippen molar-refractivity contribution in [2.24, 2.45) is 5.41 Å². The number of anilines is 2. The summed E-state index contributed by atoms with van der Waals surface area (Å²) < 4.78 is 27.8. The van der Waals surface area contributed by atoms with Gasteiger partial charge in [-0.25, -0.2) is 13.2 Å². The molecule has 0 aromatic heterocycles. The molecule has 0 saturated carbocycles. The van der Waals surface area contributed by atoms with E-state index in [-0.39, 0.29) is 16.7 Å². The fraction of sp³-hybridized carbons (Fsp3) is 0.424. The van der Waals surface area contributed by atoms with Crippen LogP contribution in [0, 0.1) is 12.3 Å². The molecular weight excluding hydrogens is 548 g/mol. The smallest absolute Gasteiger partial charge is 0.323 e. The summed E-state index contributed by atoms with van der Waals surface area (Å²) in [6.45, 7) is 13.5. The van der Waals surface area contributed by atoms with Gasteiger partial charge in [0, 0.05) is 47.9 Å². The highest BCUT2D eigenvalue weighted by molar-refractivity contribution is 7.91. The number of carbonyl (C=O) groups excluding carboxylic acids is 1. The average Bonchev–Trinajstić information content (AvgIpc) is 2.99. The molecule has 4 aliphatic rings. The minimum atomic E-state index is -3.60. The van der Waals surface area contributed by atoms with Gasteiger partial charge in [0.05, 0.1) is 36.4 Å². The van der Waals surface area contributed by atoms with E-state index in [1.165, 1.54) is 25.2 Å². The molecule has 42 heavy (non-hydrogen) atoms. The number of urea groups is 1. The Bertz CT molecular complexity index is 1600. The zero-order valence-corrected chi connectivity index (χ0v) is 25.5. The average molecular weight is 590 g/mol. The van der Waals surface area contributed by atoms with Crippen LogP contribution in [0.25, 0.3) is 0 Å². The van der Waals surface area contributed by atoms with Crippen LogP contribution < -0.4 is 10.6 Å². The van der Waals surface area contributed by atoms with Gasteiger partial charge in [-0.1, -0.05) is 55.8 Å². The van der Waals surface area contributed by atoms with E-state index in [1.807, 2.05) is 43.3 Å². The van der Waals surface area contributed by atoms with Crippen LogP contribution in [-0.2, 0) is 16.4 Å². The van der Waals surface area contributed by atoms with Crippen molar-refractivity contribution in [3.05, 3.63) is 89.0 Å². The molecule has 3 saturated heterocycles. The number of rotatable bonds is 5. The van der Waals surface area contributed by atoms with Crippen molar-refractivity contribution < 1.29 is 22.8 Å². The third-order valence-corrected chi connectivity index (χ3v) is 11.6. The highest BCUT2D eigenvalue weighted by Crippen LogP contribution is 2.45. The third kappa shape index (κ3) is 5.71. The Kier molecular flexibility index (Phi) is 7.42. The molecule has 3 fully saturated rings. The van der Waals surface area contributed by atoms with Gasteiger partial charge < -0.3 is 20.2 Å². The number of piperazine rings is 3. The van der Waals surface area contributed by atoms with Crippen LogP contribution in [0.1, 0.15) is 42.0 Å². The first-order chi connectivity index (χ1) is 19.9. The molecule has 0 aliphatic carbocycles. The minimum Gasteiger partial charge on any atom is -0.392 e. The summed E-state index contributed by atoms with van der Waals surface area (Å²) in [6, 6.07) is 20.4. The van der Waals surface area contributed by atoms with Crippen LogP contribution in [0.3, 0.4) is 0 Å². The number of amides is 2. The van der Waals surface area contributed by atoms with Crippen LogP contribution in [0.4, 0.5) is 16.2 Å². The van der Waals surface area contributed by atoms with Crippen molar-refractivity contribution in [1.82, 2.24) is 4.90 Å². The number of nitrogens with one attached hydrogen (secondary N) is 2. The molecule has 0 radical (unpaired) electrons. The maximum Gasteiger partial charge on any atom is 0.323 e. The largest absolute Gasteiger partial charge is 0.392 e. The van der Waals surface area contributed by atoms with Crippen molar-refractivity contribution in [1.29, 1.82) is 0 Å². The number of aliphatic hydroxyl groups excluding tert-OH is 1. The van der Waals surface area contributed by atoms with E-state index >= 15 is 0 Å². The van der Waals surface area contributed by atoms with Gasteiger partial charge in [0.15, 0.2) is 9.84 Å². The number of aryl methyl sites for hydroxylation is 1. The van der Waals surface area contributed by atoms with Crippen molar-refractivity contribution in [3.63, 3.8) is 0 Å². The predicted molar refractivity (Wildman–Crippen MR) is 165 cm³/mol. The van der Waals surface area contributed by atoms with Crippen LogP contribution >= 0.6 is 0 Å². The van der Waals surface area contributed by atoms with Crippen LogP contribution in [0.5, 0.6) is 0 Å². The lowest BCUT2D eigenvalue weighted by molar-refractivity contribution is -0.953. The first-order valence-corrected chi connectivity index (χ1v) is 16.4. The number of carbonyl (C=O) groups is 1. The molecule has 3 aromatic rings. The molecule has 3 aromatic carbocycles. The maximum atomic E-state index is 13.3. The Balaban J connectivity index is 1.22. The van der Waals surface area contributed by atoms with Gasteiger partial charge in [-0.15, -0.1) is 0 Å². The molecule has 2 atom stereocenters. The molecule has 8 nitrogen and oxygen atoms in total. The van der Waals surface area contributed by atoms with E-state index in [4.69, 9.17) is 0 Å². The molecule has 3 N–H and O–H groups in total. The van der Waals surface area contributed by atoms with Gasteiger partial charge in [-0.05, 0) is 48.4 Å². The second kappa shape index (κ2) is 10.8. The summed E-state index contributed by atoms with van der Waals surface area (Å²) in [6.07, 6.45) is -0.948. The topological polar surface area (TPSA) is 98.7 Å². The molecule has 4 aliphatic heterocycles. The second-order valence-electron chi connectivity index (χ2n) is 13.1. The molecule has 222 valence electrons. The number of quaternary nitrogens is 1. The number of hydrogen-bond acceptors (Lipinski definition) is 5. The van der Waals surface area contributed by atoms with E-state index < -0.39 is 27.3 Å². The Morgan fingerprint density at radius 3 is 2.29 bits per heavy atom. The normalized spacial score (nSPS) is 27.5. The van der Waals surface area contributed by atoms with E-state index in [1.54, 1.807) is 32.0 Å². The summed E-state index contributed by atoms with van der Waals surface area (Å²) in [7, 11) is -3.60. The fourth-order valence-corrected chi connectivity index (χ4v) is 9.16. The number of aliphatic hydroxyl groups is 1. The minimum absolute atomic E-state index is 0.147. The third-order valence-electron chi connectivity index (χ3n) is 9.39. The van der Waals surface area contributed by atoms with Crippen molar-refractivity contribution in [3.8, 4) is 0 Å². The lowest BCUT2D eigenvalue weighted by Gasteiger charge is -2.50. The Morgan fingerprint density at radius 1 is 0.952 bits per heavy atom. The first kappa shape index (κ1) is 28.9. The lowest BCUT2D eigenvalue weighted by atomic mass is 9.75. The molecule has 2 bridgehead atoms. The Morgan fingerprint density at radius 2 is 1.60 bits per heavy atom. The van der Waals surface area contributed by atoms with Crippen molar-refractivity contribution >= 4 is 27.2 Å². The summed E-state index contributed by atoms with van der Waals surface area (Å²) in [5, 5.41) is 17.5. The number of benzene rings is 3. The summed E-state index contributed by atoms with van der Waals surface area (Å²) in [5.74, 6) is -0.719. The van der Waals surface area contributed by atoms with Gasteiger partial charge in [0.25, 0.3) is 0 Å². The van der Waals surface area contributed by atoms with Crippen LogP contribution in [-0.4, -0.2) is 80.1 Å². The number of sulfone groups is 1. The number of hydrogen-bond donors (Lipinski definition) is 3. The zero-order chi connectivity index (χ0) is 29.7. The van der Waals surface area contributed by atoms with Crippen molar-refractivity contribution in [2.45, 2.75) is 44.2 Å². The van der Waals surface area contributed by atoms with E-state index in [9.17, 15) is 18.3 Å². The van der Waals surface area contributed by atoms with Gasteiger partial charge in [0.1, 0.15) is 6.54 Å². The summed E-state index contributed by atoms with van der Waals surface area (Å²) in [5.41, 5.74) is 3.91. The van der Waals surface area contributed by atoms with Crippen molar-refractivity contribution in [2.75, 3.05) is 55.7 Å². The van der Waals surface area contributed by atoms with Crippen LogP contribution in [0.15, 0.2) is 71.6 Å². The van der Waals surface area contributed by atoms with E-state index in [0.717, 1.165) is 47.5 Å². The predicted octanol–water partition coefficient (Wildman–Crippen LogP) is 4.59. The van der Waals surface area contributed by atoms with Gasteiger partial charge in [-0.3, -0.25) is 4.90 Å². The summed E-state index contributed by atoms with van der Waals surface area (Å²) >= 11 is 0. The zero-order valence-electron chi connectivity index (χ0n) is 24.6. The number of nitrogens with zero attached hydrogens (tertiary/aromatic N) is 2. The summed E-state index contributed by atoms with van der Waals surface area (Å²) in [4.78, 5) is 15.9. The molecule has 2 amide bonds. The molecule has 9 heteroatoms. The highest BCUT2D eigenvalue weighted by Gasteiger charge is 2.45. The van der Waals surface area contributed by atoms with Crippen LogP contribution in [0.2, 0.25) is 0 Å². The molecule has 0 spiro atoms. The molecule has 0 unspecified atom stereocenters. The number of fused-ring (bicyclic) bond motifs is 4. The van der Waals surface area contributed by atoms with Gasteiger partial charge in [0.2, 0.25) is 0 Å². The monoisotopic (exact) mass is 589 g/mol. The fourth-order valence-electron chi connectivity index (χ4n) is 7.04. The van der Waals surface area contributed by atoms with E-state index in [0.29, 0.717) is 11.3 Å². The molecule has 7 rings (SSSR count). The highest BCUT2D eigenvalue weighted by atomic mass is 32.2. The molecule has 4 heterocycles. The lowest BCUT2D eigenvalue weighted by Crippen LogP contribution is -2.66. The van der Waals surface area contributed by atoms with Gasteiger partial charge in [-0.2, -0.15) is 0 Å². The Labute approximate surface area is 248 Å². The SMILES string of the molecule is Cc1ccc2c(c1)[C@@H](c1cccc(NC(=O)Nc3cccc(C[N+]45CCN(CC4)CC5)c3)c1)[C@@H](O)C(C)(C)CS2(=O)=O.